The number of hydrogen-bond acceptors (Lipinski definition) is 4. The van der Waals surface area contributed by atoms with Gasteiger partial charge in [0.2, 0.25) is 5.91 Å². The number of aromatic nitrogens is 1. The summed E-state index contributed by atoms with van der Waals surface area (Å²) >= 11 is 0. The minimum atomic E-state index is -4.06. The van der Waals surface area contributed by atoms with Crippen LogP contribution in [-0.4, -0.2) is 35.0 Å². The van der Waals surface area contributed by atoms with Crippen LogP contribution in [0.3, 0.4) is 0 Å². The molecule has 0 radical (unpaired) electrons. The number of carboxylic acid groups (broad SMARTS) is 1. The monoisotopic (exact) mass is 689 g/mol. The van der Waals surface area contributed by atoms with E-state index in [2.05, 4.69) is 15.4 Å². The number of nitrogens with one attached hydrogen (secondary N) is 2. The molecule has 6 aromatic rings. The second-order valence-corrected chi connectivity index (χ2v) is 13.8. The van der Waals surface area contributed by atoms with E-state index in [0.717, 1.165) is 43.9 Å². The van der Waals surface area contributed by atoms with Crippen molar-refractivity contribution >= 4 is 41.1 Å². The Morgan fingerprint density at radius 2 is 1.37 bits per heavy atom. The largest absolute Gasteiger partial charge is 1.00 e. The molecule has 0 saturated carbocycles. The van der Waals surface area contributed by atoms with Crippen molar-refractivity contribution in [1.82, 2.24) is 15.4 Å². The van der Waals surface area contributed by atoms with E-state index in [1.807, 2.05) is 121 Å². The van der Waals surface area contributed by atoms with Gasteiger partial charge in [-0.2, -0.15) is 6.20 Å². The first kappa shape index (κ1) is 38.8. The molecule has 5 aromatic carbocycles. The number of carbonyl (C=O) groups excluding carboxylic acids is 2. The molecule has 3 N–H and O–H groups in total. The van der Waals surface area contributed by atoms with E-state index in [4.69, 9.17) is 0 Å². The summed E-state index contributed by atoms with van der Waals surface area (Å²) in [6.07, 6.45) is 1.79. The number of aliphatic carboxylic acids is 1. The van der Waals surface area contributed by atoms with Crippen molar-refractivity contribution in [3.05, 3.63) is 144 Å². The molecule has 1 heterocycles. The van der Waals surface area contributed by atoms with Crippen LogP contribution in [-0.2, 0) is 33.4 Å². The van der Waals surface area contributed by atoms with E-state index in [9.17, 15) is 24.2 Å². The normalized spacial score (nSPS) is 13.4. The molecule has 0 spiro atoms. The summed E-state index contributed by atoms with van der Waals surface area (Å²) in [7, 11) is -4.06. The van der Waals surface area contributed by atoms with Crippen LogP contribution in [0.5, 0.6) is 0 Å². The first-order valence-corrected chi connectivity index (χ1v) is 17.3. The third-order valence-corrected chi connectivity index (χ3v) is 9.87. The van der Waals surface area contributed by atoms with E-state index in [1.165, 1.54) is 0 Å². The SMILES string of the molecule is O=C([O-])[C@H](Cc1c[n-]c2ccccc12)NC(=O)[C@H](Cc1ccc(-c2ccccc2)cc1)NP(=O)(O)CCc1ccc2ccccc2c1.[Na+].[Na+]. The number of fused-ring (bicyclic) bond motifs is 2. The fraction of sp³-hybridized carbons (Fsp3) is 0.158. The van der Waals surface area contributed by atoms with Crippen molar-refractivity contribution in [1.29, 1.82) is 0 Å². The Morgan fingerprint density at radius 1 is 0.735 bits per heavy atom. The Bertz CT molecular complexity index is 2070. The zero-order chi connectivity index (χ0) is 32.8. The molecule has 0 aliphatic carbocycles. The van der Waals surface area contributed by atoms with E-state index in [0.29, 0.717) is 12.0 Å². The van der Waals surface area contributed by atoms with Crippen LogP contribution < -0.4 is 79.6 Å². The van der Waals surface area contributed by atoms with Gasteiger partial charge in [-0.05, 0) is 57.7 Å². The van der Waals surface area contributed by atoms with Gasteiger partial charge >= 0.3 is 59.1 Å². The molecule has 0 saturated heterocycles. The molecular formula is C38H34N3Na2O5P. The van der Waals surface area contributed by atoms with Crippen molar-refractivity contribution in [2.75, 3.05) is 6.16 Å². The zero-order valence-electron chi connectivity index (χ0n) is 27.6. The molecular weight excluding hydrogens is 655 g/mol. The minimum absolute atomic E-state index is 0. The first-order chi connectivity index (χ1) is 22.7. The van der Waals surface area contributed by atoms with Gasteiger partial charge in [0.05, 0.1) is 18.1 Å². The fourth-order valence-electron chi connectivity index (χ4n) is 5.80. The summed E-state index contributed by atoms with van der Waals surface area (Å²) in [6.45, 7) is 0. The number of carbonyl (C=O) groups is 2. The number of nitrogens with zero attached hydrogens (tertiary/aromatic N) is 1. The Labute approximate surface area is 329 Å². The number of rotatable bonds is 13. The van der Waals surface area contributed by atoms with Crippen molar-refractivity contribution in [2.24, 2.45) is 0 Å². The average molecular weight is 690 g/mol. The predicted octanol–water partition coefficient (Wildman–Crippen LogP) is -0.969. The van der Waals surface area contributed by atoms with E-state index < -0.39 is 31.5 Å². The molecule has 0 fully saturated rings. The van der Waals surface area contributed by atoms with Gasteiger partial charge in [0.25, 0.3) is 7.52 Å². The fourth-order valence-corrected chi connectivity index (χ4v) is 7.19. The number of hydrogen-bond donors (Lipinski definition) is 3. The van der Waals surface area contributed by atoms with Gasteiger partial charge in [0, 0.05) is 6.16 Å². The van der Waals surface area contributed by atoms with Crippen LogP contribution >= 0.6 is 7.52 Å². The molecule has 6 rings (SSSR count). The van der Waals surface area contributed by atoms with Gasteiger partial charge in [-0.3, -0.25) is 9.36 Å². The van der Waals surface area contributed by atoms with Crippen molar-refractivity contribution in [2.45, 2.75) is 31.3 Å². The van der Waals surface area contributed by atoms with Gasteiger partial charge < -0.3 is 25.1 Å². The molecule has 0 bridgehead atoms. The van der Waals surface area contributed by atoms with Gasteiger partial charge in [-0.25, -0.2) is 5.09 Å². The Morgan fingerprint density at radius 3 is 2.10 bits per heavy atom. The molecule has 238 valence electrons. The maximum absolute atomic E-state index is 13.7. The maximum atomic E-state index is 13.7. The van der Waals surface area contributed by atoms with Gasteiger partial charge in [0.15, 0.2) is 0 Å². The Kier molecular flexibility index (Phi) is 14.1. The number of aryl methyl sites for hydroxylation is 1. The second kappa shape index (κ2) is 17.8. The van der Waals surface area contributed by atoms with Gasteiger partial charge in [0.1, 0.15) is 0 Å². The summed E-state index contributed by atoms with van der Waals surface area (Å²) < 4.78 is 13.5. The van der Waals surface area contributed by atoms with Gasteiger partial charge in [-0.1, -0.05) is 127 Å². The van der Waals surface area contributed by atoms with Crippen LogP contribution in [0.15, 0.2) is 128 Å². The third-order valence-electron chi connectivity index (χ3n) is 8.33. The molecule has 49 heavy (non-hydrogen) atoms. The molecule has 11 heteroatoms. The van der Waals surface area contributed by atoms with Crippen LogP contribution in [0, 0.1) is 0 Å². The van der Waals surface area contributed by atoms with Gasteiger partial charge in [-0.15, -0.1) is 5.52 Å². The smallest absolute Gasteiger partial charge is 0.663 e. The second-order valence-electron chi connectivity index (χ2n) is 11.7. The average Bonchev–Trinajstić information content (AvgIpc) is 3.50. The van der Waals surface area contributed by atoms with E-state index in [-0.39, 0.29) is 78.1 Å². The van der Waals surface area contributed by atoms with Crippen LogP contribution in [0.1, 0.15) is 16.7 Å². The zero-order valence-corrected chi connectivity index (χ0v) is 32.5. The molecule has 1 amide bonds. The third kappa shape index (κ3) is 10.3. The molecule has 0 aliphatic rings. The summed E-state index contributed by atoms with van der Waals surface area (Å²) in [5.41, 5.74) is 5.02. The van der Waals surface area contributed by atoms with E-state index in [1.54, 1.807) is 6.20 Å². The van der Waals surface area contributed by atoms with E-state index >= 15 is 0 Å². The minimum Gasteiger partial charge on any atom is -0.663 e. The maximum Gasteiger partial charge on any atom is 1.00 e. The molecule has 1 aromatic heterocycles. The molecule has 8 nitrogen and oxygen atoms in total. The van der Waals surface area contributed by atoms with Crippen molar-refractivity contribution in [3.8, 4) is 11.1 Å². The van der Waals surface area contributed by atoms with Crippen LogP contribution in [0.4, 0.5) is 0 Å². The summed E-state index contributed by atoms with van der Waals surface area (Å²) in [5, 5.41) is 20.4. The predicted molar refractivity (Wildman–Crippen MR) is 183 cm³/mol. The van der Waals surface area contributed by atoms with Crippen LogP contribution in [0.25, 0.3) is 32.8 Å². The summed E-state index contributed by atoms with van der Waals surface area (Å²) in [6, 6.07) is 35.9. The summed E-state index contributed by atoms with van der Waals surface area (Å²) in [5.74, 6) is -2.17. The quantitative estimate of drug-likeness (QED) is 0.105. The topological polar surface area (TPSA) is 133 Å². The van der Waals surface area contributed by atoms with Crippen molar-refractivity contribution < 1.29 is 83.3 Å². The Balaban J connectivity index is 0.00000270. The number of carboxylic acids is 1. The molecule has 0 aliphatic heterocycles. The summed E-state index contributed by atoms with van der Waals surface area (Å²) in [4.78, 5) is 41.4. The first-order valence-electron chi connectivity index (χ1n) is 15.5. The molecule has 1 unspecified atom stereocenters. The Hall–Kier alpha value is -3.01. The number of benzene rings is 5. The van der Waals surface area contributed by atoms with Crippen molar-refractivity contribution in [3.63, 3.8) is 0 Å². The van der Waals surface area contributed by atoms with Crippen LogP contribution in [0.2, 0.25) is 0 Å². The number of amides is 1. The standard InChI is InChI=1S/C38H35N3O5P.2Na/c42-37(40-36(38(43)44)24-32-25-39-34-13-7-6-12-33(32)34)35(23-26-14-18-30(19-15-26)28-8-2-1-3-9-28)41-47(45,46)21-20-27-16-17-29-10-4-5-11-31(29)22-27;;/h1-19,22,25,35-36H,20-21,23-24H2,(H,40,42)(H,43,44)(H2,41,45,46);;/q-1;2*+1/p-1/t35-,36-;;/m0../s1. The molecule has 3 atom stereocenters. The number of para-hydroxylation sites is 1.